The second kappa shape index (κ2) is 5.09. The third kappa shape index (κ3) is 2.18. The molecule has 1 aromatic carbocycles. The molecular formula is C13H16ClF2N3O. The summed E-state index contributed by atoms with van der Waals surface area (Å²) in [6.07, 6.45) is -3.30. The minimum atomic E-state index is -2.79. The van der Waals surface area contributed by atoms with Crippen molar-refractivity contribution in [2.24, 2.45) is 16.6 Å². The second-order valence-electron chi connectivity index (χ2n) is 4.93. The summed E-state index contributed by atoms with van der Waals surface area (Å²) >= 11 is 6.08. The third-order valence-electron chi connectivity index (χ3n) is 3.75. The molecule has 0 radical (unpaired) electrons. The maximum Gasteiger partial charge on any atom is 0.283 e. The highest BCUT2D eigenvalue weighted by Crippen LogP contribution is 2.47. The molecule has 7 heteroatoms. The summed E-state index contributed by atoms with van der Waals surface area (Å²) < 4.78 is 32.9. The molecule has 0 saturated heterocycles. The van der Waals surface area contributed by atoms with Crippen LogP contribution < -0.4 is 11.5 Å². The topological polar surface area (TPSA) is 73.6 Å². The lowest BCUT2D eigenvalue weighted by Crippen LogP contribution is -2.51. The zero-order chi connectivity index (χ0) is 15.1. The van der Waals surface area contributed by atoms with Crippen LogP contribution in [0.25, 0.3) is 0 Å². The van der Waals surface area contributed by atoms with Crippen LogP contribution in [-0.4, -0.2) is 18.6 Å². The Morgan fingerprint density at radius 1 is 1.35 bits per heavy atom. The summed E-state index contributed by atoms with van der Waals surface area (Å²) in [6.45, 7) is 3.30. The number of amidine groups is 1. The Balaban J connectivity index is 2.72. The molecule has 0 amide bonds. The highest BCUT2D eigenvalue weighted by atomic mass is 35.5. The molecule has 0 aliphatic carbocycles. The van der Waals surface area contributed by atoms with Gasteiger partial charge in [-0.15, -0.1) is 0 Å². The van der Waals surface area contributed by atoms with Crippen molar-refractivity contribution in [2.45, 2.75) is 31.9 Å². The molecule has 2 rings (SSSR count). The number of halogens is 3. The van der Waals surface area contributed by atoms with Gasteiger partial charge in [0.2, 0.25) is 0 Å². The Hall–Kier alpha value is -1.56. The Morgan fingerprint density at radius 2 is 2.00 bits per heavy atom. The van der Waals surface area contributed by atoms with Crippen LogP contribution in [-0.2, 0) is 10.3 Å². The summed E-state index contributed by atoms with van der Waals surface area (Å²) in [6, 6.07) is 4.18. The molecule has 1 aliphatic rings. The second-order valence-corrected chi connectivity index (χ2v) is 5.33. The molecule has 1 heterocycles. The molecule has 0 fully saturated rings. The Morgan fingerprint density at radius 3 is 2.60 bits per heavy atom. The number of ether oxygens (including phenoxy) is 1. The lowest BCUT2D eigenvalue weighted by atomic mass is 9.76. The van der Waals surface area contributed by atoms with Gasteiger partial charge < -0.3 is 16.2 Å². The van der Waals surface area contributed by atoms with Crippen LogP contribution in [0.5, 0.6) is 0 Å². The van der Waals surface area contributed by atoms with Crippen LogP contribution in [0.3, 0.4) is 0 Å². The molecular weight excluding hydrogens is 288 g/mol. The van der Waals surface area contributed by atoms with Gasteiger partial charge in [0, 0.05) is 22.2 Å². The maximum atomic E-state index is 13.9. The van der Waals surface area contributed by atoms with Gasteiger partial charge in [-0.05, 0) is 25.1 Å². The standard InChI is InChI=1S/C13H16ClF2N3O/c1-6-7(2)20-12(18)19-13(6,11(15)16)9-5-8(17)3-4-10(9)14/h3-7,11H,17H2,1-2H3,(H2,18,19)/t6-,7?,13-/m1/s1. The van der Waals surface area contributed by atoms with Crippen LogP contribution in [0.1, 0.15) is 19.4 Å². The van der Waals surface area contributed by atoms with E-state index in [1.165, 1.54) is 12.1 Å². The quantitative estimate of drug-likeness (QED) is 0.825. The average molecular weight is 304 g/mol. The number of benzene rings is 1. The predicted molar refractivity (Wildman–Crippen MR) is 74.9 cm³/mol. The molecule has 0 bridgehead atoms. The maximum absolute atomic E-state index is 13.9. The first kappa shape index (κ1) is 14.8. The highest BCUT2D eigenvalue weighted by Gasteiger charge is 2.53. The van der Waals surface area contributed by atoms with Crippen molar-refractivity contribution in [3.8, 4) is 0 Å². The first-order valence-corrected chi connectivity index (χ1v) is 6.52. The van der Waals surface area contributed by atoms with Gasteiger partial charge in [0.1, 0.15) is 6.10 Å². The number of nitrogen functional groups attached to an aromatic ring is 1. The van der Waals surface area contributed by atoms with E-state index >= 15 is 0 Å². The minimum Gasteiger partial charge on any atom is -0.462 e. The summed E-state index contributed by atoms with van der Waals surface area (Å²) in [4.78, 5) is 3.90. The zero-order valence-corrected chi connectivity index (χ0v) is 11.9. The summed E-state index contributed by atoms with van der Waals surface area (Å²) in [5.41, 5.74) is 9.89. The van der Waals surface area contributed by atoms with Gasteiger partial charge in [-0.25, -0.2) is 13.8 Å². The van der Waals surface area contributed by atoms with Crippen LogP contribution in [0.4, 0.5) is 14.5 Å². The van der Waals surface area contributed by atoms with Crippen LogP contribution >= 0.6 is 11.6 Å². The minimum absolute atomic E-state index is 0.166. The fraction of sp³-hybridized carbons (Fsp3) is 0.462. The summed E-state index contributed by atoms with van der Waals surface area (Å²) in [5.74, 6) is -0.617. The van der Waals surface area contributed by atoms with E-state index in [1.807, 2.05) is 0 Å². The van der Waals surface area contributed by atoms with Crippen LogP contribution in [0.15, 0.2) is 23.2 Å². The van der Waals surface area contributed by atoms with E-state index in [-0.39, 0.29) is 16.6 Å². The molecule has 0 saturated carbocycles. The molecule has 1 aromatic rings. The largest absolute Gasteiger partial charge is 0.462 e. The number of nitrogens with zero attached hydrogens (tertiary/aromatic N) is 1. The van der Waals surface area contributed by atoms with Crippen molar-refractivity contribution in [1.82, 2.24) is 0 Å². The Bertz CT molecular complexity index is 552. The van der Waals surface area contributed by atoms with E-state index in [2.05, 4.69) is 4.99 Å². The number of hydrogen-bond acceptors (Lipinski definition) is 4. The monoisotopic (exact) mass is 303 g/mol. The molecule has 1 unspecified atom stereocenters. The van der Waals surface area contributed by atoms with E-state index < -0.39 is 24.0 Å². The van der Waals surface area contributed by atoms with Crippen molar-refractivity contribution in [3.63, 3.8) is 0 Å². The fourth-order valence-corrected chi connectivity index (χ4v) is 2.75. The van der Waals surface area contributed by atoms with Crippen molar-refractivity contribution >= 4 is 23.3 Å². The van der Waals surface area contributed by atoms with Crippen LogP contribution in [0, 0.1) is 5.92 Å². The van der Waals surface area contributed by atoms with E-state index in [0.717, 1.165) is 0 Å². The smallest absolute Gasteiger partial charge is 0.283 e. The van der Waals surface area contributed by atoms with Gasteiger partial charge in [0.05, 0.1) is 0 Å². The molecule has 110 valence electrons. The number of hydrogen-bond donors (Lipinski definition) is 2. The molecule has 0 spiro atoms. The lowest BCUT2D eigenvalue weighted by molar-refractivity contribution is -0.0347. The number of rotatable bonds is 2. The van der Waals surface area contributed by atoms with Gasteiger partial charge in [-0.1, -0.05) is 18.5 Å². The predicted octanol–water partition coefficient (Wildman–Crippen LogP) is 2.75. The number of anilines is 1. The molecule has 0 aromatic heterocycles. The van der Waals surface area contributed by atoms with Gasteiger partial charge in [-0.2, -0.15) is 0 Å². The van der Waals surface area contributed by atoms with Gasteiger partial charge in [-0.3, -0.25) is 0 Å². The summed E-state index contributed by atoms with van der Waals surface area (Å²) in [5, 5.41) is 0.178. The van der Waals surface area contributed by atoms with E-state index in [9.17, 15) is 8.78 Å². The molecule has 1 aliphatic heterocycles. The van der Waals surface area contributed by atoms with Gasteiger partial charge in [0.15, 0.2) is 5.54 Å². The average Bonchev–Trinajstić information content (AvgIpc) is 2.36. The Kier molecular flexibility index (Phi) is 3.77. The number of aliphatic imine (C=N–C) groups is 1. The normalized spacial score (nSPS) is 30.0. The highest BCUT2D eigenvalue weighted by molar-refractivity contribution is 6.31. The summed E-state index contributed by atoms with van der Waals surface area (Å²) in [7, 11) is 0. The van der Waals surface area contributed by atoms with Crippen molar-refractivity contribution < 1.29 is 13.5 Å². The molecule has 4 nitrogen and oxygen atoms in total. The SMILES string of the molecule is CC1OC(N)=N[C@](c2cc(N)ccc2Cl)(C(F)F)[C@@H]1C. The molecule has 3 atom stereocenters. The number of alkyl halides is 2. The first-order chi connectivity index (χ1) is 9.29. The van der Waals surface area contributed by atoms with E-state index in [4.69, 9.17) is 27.8 Å². The Labute approximate surface area is 120 Å². The zero-order valence-electron chi connectivity index (χ0n) is 11.1. The van der Waals surface area contributed by atoms with Crippen molar-refractivity contribution in [3.05, 3.63) is 28.8 Å². The molecule has 20 heavy (non-hydrogen) atoms. The van der Waals surface area contributed by atoms with Gasteiger partial charge >= 0.3 is 0 Å². The van der Waals surface area contributed by atoms with Crippen LogP contribution in [0.2, 0.25) is 5.02 Å². The molecule has 4 N–H and O–H groups in total. The third-order valence-corrected chi connectivity index (χ3v) is 4.08. The van der Waals surface area contributed by atoms with Gasteiger partial charge in [0.25, 0.3) is 12.4 Å². The fourth-order valence-electron chi connectivity index (χ4n) is 2.48. The lowest BCUT2D eigenvalue weighted by Gasteiger charge is -2.42. The van der Waals surface area contributed by atoms with Crippen molar-refractivity contribution in [1.29, 1.82) is 0 Å². The van der Waals surface area contributed by atoms with E-state index in [0.29, 0.717) is 5.69 Å². The van der Waals surface area contributed by atoms with Crippen molar-refractivity contribution in [2.75, 3.05) is 5.73 Å². The first-order valence-electron chi connectivity index (χ1n) is 6.14. The number of nitrogens with two attached hydrogens (primary N) is 2. The van der Waals surface area contributed by atoms with E-state index in [1.54, 1.807) is 19.9 Å².